The summed E-state index contributed by atoms with van der Waals surface area (Å²) >= 11 is 0. The first kappa shape index (κ1) is 17.3. The van der Waals surface area contributed by atoms with Crippen molar-refractivity contribution in [3.05, 3.63) is 0 Å². The molecule has 2 amide bonds. The Kier molecular flexibility index (Phi) is 5.03. The predicted molar refractivity (Wildman–Crippen MR) is 97.0 cm³/mol. The molecule has 4 saturated heterocycles. The van der Waals surface area contributed by atoms with Crippen molar-refractivity contribution < 1.29 is 9.59 Å². The lowest BCUT2D eigenvalue weighted by atomic mass is 9.75. The van der Waals surface area contributed by atoms with E-state index < -0.39 is 0 Å². The molecule has 5 nitrogen and oxygen atoms in total. The van der Waals surface area contributed by atoms with Crippen LogP contribution >= 0.6 is 0 Å². The second kappa shape index (κ2) is 7.26. The van der Waals surface area contributed by atoms with Crippen molar-refractivity contribution >= 4 is 11.8 Å². The van der Waals surface area contributed by atoms with Crippen molar-refractivity contribution in [1.29, 1.82) is 0 Å². The van der Waals surface area contributed by atoms with E-state index in [2.05, 4.69) is 21.6 Å². The number of fused-ring (bicyclic) bond motifs is 4. The van der Waals surface area contributed by atoms with Gasteiger partial charge in [0.2, 0.25) is 11.8 Å². The fraction of sp³-hybridized carbons (Fsp3) is 0.900. The van der Waals surface area contributed by atoms with Crippen molar-refractivity contribution in [2.45, 2.75) is 70.4 Å². The Labute approximate surface area is 151 Å². The van der Waals surface area contributed by atoms with Crippen LogP contribution in [0.2, 0.25) is 0 Å². The molecule has 0 aromatic rings. The minimum absolute atomic E-state index is 0.341. The number of carbonyl (C=O) groups excluding carboxylic acids is 2. The van der Waals surface area contributed by atoms with E-state index >= 15 is 0 Å². The Balaban J connectivity index is 1.35. The molecule has 0 saturated carbocycles. The van der Waals surface area contributed by atoms with Gasteiger partial charge >= 0.3 is 0 Å². The molecule has 0 N–H and O–H groups in total. The van der Waals surface area contributed by atoms with E-state index in [1.54, 1.807) is 0 Å². The largest absolute Gasteiger partial charge is 0.343 e. The molecule has 0 aromatic carbocycles. The van der Waals surface area contributed by atoms with Gasteiger partial charge in [0.1, 0.15) is 0 Å². The van der Waals surface area contributed by atoms with Crippen molar-refractivity contribution in [3.63, 3.8) is 0 Å². The van der Waals surface area contributed by atoms with Gasteiger partial charge in [-0.05, 0) is 50.4 Å². The second-order valence-corrected chi connectivity index (χ2v) is 8.68. The van der Waals surface area contributed by atoms with Crippen LogP contribution in [0.4, 0.5) is 0 Å². The number of rotatable bonds is 3. The summed E-state index contributed by atoms with van der Waals surface area (Å²) in [5, 5.41) is 0. The minimum Gasteiger partial charge on any atom is -0.343 e. The van der Waals surface area contributed by atoms with Crippen LogP contribution in [-0.2, 0) is 9.59 Å². The summed E-state index contributed by atoms with van der Waals surface area (Å²) < 4.78 is 0. The van der Waals surface area contributed by atoms with Gasteiger partial charge in [-0.3, -0.25) is 14.5 Å². The van der Waals surface area contributed by atoms with Crippen LogP contribution in [0, 0.1) is 11.8 Å². The van der Waals surface area contributed by atoms with Crippen LogP contribution < -0.4 is 0 Å². The molecular formula is C20H33N3O2. The third-order valence-corrected chi connectivity index (χ3v) is 7.01. The van der Waals surface area contributed by atoms with E-state index in [1.165, 1.54) is 19.4 Å². The average molecular weight is 348 g/mol. The first-order chi connectivity index (χ1) is 12.2. The topological polar surface area (TPSA) is 43.9 Å². The van der Waals surface area contributed by atoms with Gasteiger partial charge in [-0.25, -0.2) is 0 Å². The molecule has 140 valence electrons. The molecule has 25 heavy (non-hydrogen) atoms. The zero-order chi connectivity index (χ0) is 17.4. The lowest BCUT2D eigenvalue weighted by Gasteiger charge is -2.54. The molecule has 0 aromatic heterocycles. The van der Waals surface area contributed by atoms with Crippen LogP contribution in [0.15, 0.2) is 0 Å². The van der Waals surface area contributed by atoms with Crippen LogP contribution in [0.3, 0.4) is 0 Å². The van der Waals surface area contributed by atoms with E-state index in [9.17, 15) is 9.59 Å². The molecule has 4 rings (SSSR count). The number of hydrogen-bond acceptors (Lipinski definition) is 3. The van der Waals surface area contributed by atoms with Gasteiger partial charge in [-0.1, -0.05) is 6.92 Å². The molecule has 5 heteroatoms. The molecular weight excluding hydrogens is 314 g/mol. The van der Waals surface area contributed by atoms with E-state index in [-0.39, 0.29) is 0 Å². The molecule has 4 heterocycles. The third-order valence-electron chi connectivity index (χ3n) is 7.01. The smallest absolute Gasteiger partial charge is 0.222 e. The minimum atomic E-state index is 0.341. The van der Waals surface area contributed by atoms with Crippen molar-refractivity contribution in [1.82, 2.24) is 14.7 Å². The van der Waals surface area contributed by atoms with Gasteiger partial charge < -0.3 is 9.80 Å². The molecule has 3 atom stereocenters. The normalized spacial score (nSPS) is 34.1. The molecule has 0 unspecified atom stereocenters. The van der Waals surface area contributed by atoms with Crippen LogP contribution in [-0.4, -0.2) is 71.3 Å². The third kappa shape index (κ3) is 3.44. The van der Waals surface area contributed by atoms with Gasteiger partial charge in [0.25, 0.3) is 0 Å². The quantitative estimate of drug-likeness (QED) is 0.785. The van der Waals surface area contributed by atoms with E-state index in [1.807, 2.05) is 0 Å². The highest BCUT2D eigenvalue weighted by molar-refractivity contribution is 5.77. The van der Waals surface area contributed by atoms with Crippen molar-refractivity contribution in [2.24, 2.45) is 11.8 Å². The number of carbonyl (C=O) groups is 2. The summed E-state index contributed by atoms with van der Waals surface area (Å²) in [6.07, 6.45) is 8.28. The fourth-order valence-corrected chi connectivity index (χ4v) is 5.80. The lowest BCUT2D eigenvalue weighted by molar-refractivity contribution is -0.146. The Morgan fingerprint density at radius 2 is 1.92 bits per heavy atom. The maximum absolute atomic E-state index is 12.3. The molecule has 0 radical (unpaired) electrons. The summed E-state index contributed by atoms with van der Waals surface area (Å²) in [5.74, 6) is 2.09. The monoisotopic (exact) mass is 347 g/mol. The van der Waals surface area contributed by atoms with Crippen molar-refractivity contribution in [2.75, 3.05) is 32.7 Å². The fourth-order valence-electron chi connectivity index (χ4n) is 5.80. The highest BCUT2D eigenvalue weighted by atomic mass is 16.2. The number of hydrogen-bond donors (Lipinski definition) is 0. The summed E-state index contributed by atoms with van der Waals surface area (Å²) in [6, 6.07) is 1.15. The van der Waals surface area contributed by atoms with Gasteiger partial charge in [0.05, 0.1) is 0 Å². The Bertz CT molecular complexity index is 515. The highest BCUT2D eigenvalue weighted by Gasteiger charge is 2.45. The van der Waals surface area contributed by atoms with Crippen LogP contribution in [0.1, 0.15) is 58.3 Å². The van der Waals surface area contributed by atoms with Crippen LogP contribution in [0.5, 0.6) is 0 Å². The zero-order valence-electron chi connectivity index (χ0n) is 15.7. The summed E-state index contributed by atoms with van der Waals surface area (Å²) in [6.45, 7) is 7.26. The lowest BCUT2D eigenvalue weighted by Crippen LogP contribution is -2.62. The SMILES string of the molecule is CCCC(=O)N1CCC(N2C[C@H]3C[C@H](C2)[C@H]2CCCC(=O)N2C3)CC1. The molecule has 0 aliphatic carbocycles. The second-order valence-electron chi connectivity index (χ2n) is 8.68. The Hall–Kier alpha value is -1.10. The highest BCUT2D eigenvalue weighted by Crippen LogP contribution is 2.39. The number of piperidine rings is 4. The molecule has 4 aliphatic heterocycles. The standard InChI is InChI=1S/C20H33N3O2/c1-2-4-19(24)21-9-7-17(8-10-21)22-12-15-11-16(14-22)18-5-3-6-20(25)23(18)13-15/h15-18H,2-14H2,1H3/t15-,16-,18-/m1/s1. The van der Waals surface area contributed by atoms with Crippen LogP contribution in [0.25, 0.3) is 0 Å². The maximum atomic E-state index is 12.3. The average Bonchev–Trinajstić information content (AvgIpc) is 2.63. The van der Waals surface area contributed by atoms with Gasteiger partial charge in [-0.2, -0.15) is 0 Å². The Morgan fingerprint density at radius 3 is 2.68 bits per heavy atom. The number of nitrogens with zero attached hydrogens (tertiary/aromatic N) is 3. The molecule has 4 aliphatic rings. The summed E-state index contributed by atoms with van der Waals surface area (Å²) in [5.41, 5.74) is 0. The van der Waals surface area contributed by atoms with E-state index in [0.29, 0.717) is 42.2 Å². The van der Waals surface area contributed by atoms with Gasteiger partial charge in [-0.15, -0.1) is 0 Å². The van der Waals surface area contributed by atoms with E-state index in [4.69, 9.17) is 0 Å². The van der Waals surface area contributed by atoms with Crippen molar-refractivity contribution in [3.8, 4) is 0 Å². The molecule has 0 spiro atoms. The molecule has 4 fully saturated rings. The predicted octanol–water partition coefficient (Wildman–Crippen LogP) is 2.11. The first-order valence-electron chi connectivity index (χ1n) is 10.5. The summed E-state index contributed by atoms with van der Waals surface area (Å²) in [7, 11) is 0. The number of amides is 2. The zero-order valence-corrected chi connectivity index (χ0v) is 15.7. The van der Waals surface area contributed by atoms with E-state index in [0.717, 1.165) is 58.3 Å². The summed E-state index contributed by atoms with van der Waals surface area (Å²) in [4.78, 5) is 31.4. The first-order valence-corrected chi connectivity index (χ1v) is 10.5. The Morgan fingerprint density at radius 1 is 1.12 bits per heavy atom. The van der Waals surface area contributed by atoms with Gasteiger partial charge in [0.15, 0.2) is 0 Å². The number of likely N-dealkylation sites (tertiary alicyclic amines) is 2. The maximum Gasteiger partial charge on any atom is 0.222 e. The molecule has 2 bridgehead atoms. The van der Waals surface area contributed by atoms with Gasteiger partial charge in [0, 0.05) is 57.6 Å².